The number of sulfonamides is 1. The lowest BCUT2D eigenvalue weighted by atomic mass is 10.3. The molecule has 0 fully saturated rings. The van der Waals surface area contributed by atoms with Crippen molar-refractivity contribution in [2.45, 2.75) is 0 Å². The van der Waals surface area contributed by atoms with Crippen LogP contribution in [0.1, 0.15) is 0 Å². The van der Waals surface area contributed by atoms with Gasteiger partial charge in [-0.3, -0.25) is 14.5 Å². The van der Waals surface area contributed by atoms with E-state index in [1.165, 1.54) is 19.4 Å². The zero-order chi connectivity index (χ0) is 16.2. The summed E-state index contributed by atoms with van der Waals surface area (Å²) in [6.45, 7) is 0. The molecule has 0 saturated heterocycles. The third-order valence-corrected chi connectivity index (χ3v) is 4.07. The number of hydrogen-bond donors (Lipinski definition) is 3. The second-order valence-corrected chi connectivity index (χ2v) is 6.21. The summed E-state index contributed by atoms with van der Waals surface area (Å²) in [6, 6.07) is 8.44. The van der Waals surface area contributed by atoms with Crippen LogP contribution in [-0.2, 0) is 10.0 Å². The van der Waals surface area contributed by atoms with Gasteiger partial charge in [0.15, 0.2) is 0 Å². The first-order valence-electron chi connectivity index (χ1n) is 6.13. The predicted octanol–water partition coefficient (Wildman–Crippen LogP) is 2.56. The second-order valence-electron chi connectivity index (χ2n) is 4.20. The van der Waals surface area contributed by atoms with Crippen molar-refractivity contribution < 1.29 is 13.2 Å². The molecular weight excluding hydrogens is 328 g/mol. The van der Waals surface area contributed by atoms with Crippen LogP contribution in [0.3, 0.4) is 0 Å². The van der Waals surface area contributed by atoms with E-state index in [2.05, 4.69) is 20.3 Å². The second kappa shape index (κ2) is 6.63. The molecule has 1 aromatic carbocycles. The molecule has 1 amide bonds. The molecule has 3 N–H and O–H groups in total. The third kappa shape index (κ3) is 3.86. The minimum absolute atomic E-state index is 0.154. The number of amides is 1. The Morgan fingerprint density at radius 1 is 1.14 bits per heavy atom. The van der Waals surface area contributed by atoms with Crippen molar-refractivity contribution in [1.29, 1.82) is 0 Å². The number of nitrogens with zero attached hydrogens (tertiary/aromatic N) is 1. The number of benzene rings is 1. The van der Waals surface area contributed by atoms with E-state index in [4.69, 9.17) is 11.6 Å². The maximum absolute atomic E-state index is 11.8. The zero-order valence-corrected chi connectivity index (χ0v) is 13.1. The summed E-state index contributed by atoms with van der Waals surface area (Å²) in [5, 5.41) is 4.53. The molecule has 116 valence electrons. The summed E-state index contributed by atoms with van der Waals surface area (Å²) in [7, 11) is -2.95. The van der Waals surface area contributed by atoms with Crippen molar-refractivity contribution in [2.24, 2.45) is 0 Å². The fraction of sp³-hybridized carbons (Fsp3) is 0.0769. The first-order chi connectivity index (χ1) is 10.4. The minimum Gasteiger partial charge on any atom is -0.354 e. The van der Waals surface area contributed by atoms with Gasteiger partial charge >= 0.3 is 15.3 Å². The van der Waals surface area contributed by atoms with Crippen LogP contribution in [0.2, 0.25) is 5.02 Å². The third-order valence-electron chi connectivity index (χ3n) is 2.64. The SMILES string of the molecule is CNC(=O)S(=O)(=O)Nc1cnccc1Nc1ccc(Cl)cc1. The van der Waals surface area contributed by atoms with Crippen molar-refractivity contribution in [3.05, 3.63) is 47.7 Å². The molecule has 0 aliphatic rings. The molecule has 1 aromatic heterocycles. The van der Waals surface area contributed by atoms with Gasteiger partial charge in [-0.15, -0.1) is 0 Å². The molecule has 0 unspecified atom stereocenters. The smallest absolute Gasteiger partial charge is 0.354 e. The molecule has 9 heteroatoms. The predicted molar refractivity (Wildman–Crippen MR) is 86.0 cm³/mol. The van der Waals surface area contributed by atoms with Crippen LogP contribution in [0, 0.1) is 0 Å². The van der Waals surface area contributed by atoms with Crippen molar-refractivity contribution in [3.8, 4) is 0 Å². The molecular formula is C13H13ClN4O3S. The highest BCUT2D eigenvalue weighted by molar-refractivity contribution is 8.07. The zero-order valence-electron chi connectivity index (χ0n) is 11.5. The number of pyridine rings is 1. The van der Waals surface area contributed by atoms with Crippen LogP contribution in [0.5, 0.6) is 0 Å². The monoisotopic (exact) mass is 340 g/mol. The topological polar surface area (TPSA) is 100 Å². The Bertz CT molecular complexity index is 778. The van der Waals surface area contributed by atoms with Crippen molar-refractivity contribution in [3.63, 3.8) is 0 Å². The number of halogens is 1. The highest BCUT2D eigenvalue weighted by atomic mass is 35.5. The first kappa shape index (κ1) is 16.1. The summed E-state index contributed by atoms with van der Waals surface area (Å²) in [4.78, 5) is 15.2. The quantitative estimate of drug-likeness (QED) is 0.794. The largest absolute Gasteiger partial charge is 0.356 e. The van der Waals surface area contributed by atoms with E-state index in [9.17, 15) is 13.2 Å². The Morgan fingerprint density at radius 3 is 2.45 bits per heavy atom. The van der Waals surface area contributed by atoms with Gasteiger partial charge in [0, 0.05) is 24.0 Å². The Kier molecular flexibility index (Phi) is 4.84. The van der Waals surface area contributed by atoms with E-state index < -0.39 is 15.3 Å². The summed E-state index contributed by atoms with van der Waals surface area (Å²) in [6.07, 6.45) is 2.80. The average molecular weight is 341 g/mol. The fourth-order valence-electron chi connectivity index (χ4n) is 1.60. The van der Waals surface area contributed by atoms with Crippen LogP contribution >= 0.6 is 11.6 Å². The molecule has 0 atom stereocenters. The molecule has 0 spiro atoms. The van der Waals surface area contributed by atoms with Crippen LogP contribution in [-0.4, -0.2) is 25.7 Å². The van der Waals surface area contributed by atoms with Gasteiger partial charge in [0.05, 0.1) is 17.6 Å². The lowest BCUT2D eigenvalue weighted by molar-refractivity contribution is 0.260. The lowest BCUT2D eigenvalue weighted by Crippen LogP contribution is -2.31. The van der Waals surface area contributed by atoms with Crippen LogP contribution in [0.4, 0.5) is 21.9 Å². The van der Waals surface area contributed by atoms with Gasteiger partial charge in [0.2, 0.25) is 0 Å². The summed E-state index contributed by atoms with van der Waals surface area (Å²) < 4.78 is 25.7. The minimum atomic E-state index is -4.19. The Balaban J connectivity index is 2.27. The van der Waals surface area contributed by atoms with Crippen LogP contribution in [0.25, 0.3) is 0 Å². The number of aromatic nitrogens is 1. The number of rotatable bonds is 4. The standard InChI is InChI=1S/C13H13ClN4O3S/c1-15-13(19)22(20,21)18-12-8-16-7-6-11(12)17-10-4-2-9(14)3-5-10/h2-8,18H,1H3,(H,15,19)(H,16,17). The molecule has 0 bridgehead atoms. The van der Waals surface area contributed by atoms with Crippen molar-refractivity contribution in [1.82, 2.24) is 10.3 Å². The number of carbonyl (C=O) groups is 1. The molecule has 22 heavy (non-hydrogen) atoms. The normalized spacial score (nSPS) is 10.8. The summed E-state index contributed by atoms with van der Waals surface area (Å²) >= 11 is 5.81. The molecule has 2 rings (SSSR count). The number of carbonyl (C=O) groups excluding carboxylic acids is 1. The highest BCUT2D eigenvalue weighted by Crippen LogP contribution is 2.26. The number of anilines is 3. The fourth-order valence-corrected chi connectivity index (χ4v) is 2.54. The van der Waals surface area contributed by atoms with Gasteiger partial charge in [-0.05, 0) is 30.3 Å². The number of hydrogen-bond acceptors (Lipinski definition) is 5. The highest BCUT2D eigenvalue weighted by Gasteiger charge is 2.21. The average Bonchev–Trinajstić information content (AvgIpc) is 2.50. The summed E-state index contributed by atoms with van der Waals surface area (Å²) in [5.74, 6) is 0. The van der Waals surface area contributed by atoms with Gasteiger partial charge < -0.3 is 10.6 Å². The molecule has 0 aliphatic carbocycles. The van der Waals surface area contributed by atoms with E-state index in [1.807, 2.05) is 0 Å². The van der Waals surface area contributed by atoms with Gasteiger partial charge in [-0.1, -0.05) is 11.6 Å². The maximum atomic E-state index is 11.8. The van der Waals surface area contributed by atoms with Gasteiger partial charge in [0.25, 0.3) is 0 Å². The molecule has 2 aromatic rings. The van der Waals surface area contributed by atoms with Crippen molar-refractivity contribution in [2.75, 3.05) is 17.1 Å². The van der Waals surface area contributed by atoms with Gasteiger partial charge in [0.1, 0.15) is 0 Å². The first-order valence-corrected chi connectivity index (χ1v) is 7.99. The Hall–Kier alpha value is -2.32. The molecule has 0 saturated carbocycles. The lowest BCUT2D eigenvalue weighted by Gasteiger charge is -2.13. The molecule has 0 radical (unpaired) electrons. The van der Waals surface area contributed by atoms with Crippen molar-refractivity contribution >= 4 is 43.9 Å². The number of nitrogens with one attached hydrogen (secondary N) is 3. The van der Waals surface area contributed by atoms with E-state index in [0.29, 0.717) is 16.4 Å². The Labute approximate surface area is 132 Å². The maximum Gasteiger partial charge on any atom is 0.356 e. The van der Waals surface area contributed by atoms with Gasteiger partial charge in [-0.2, -0.15) is 8.42 Å². The Morgan fingerprint density at radius 2 is 1.82 bits per heavy atom. The van der Waals surface area contributed by atoms with E-state index in [1.54, 1.807) is 30.3 Å². The van der Waals surface area contributed by atoms with Crippen LogP contribution in [0.15, 0.2) is 42.7 Å². The van der Waals surface area contributed by atoms with E-state index in [0.717, 1.165) is 0 Å². The molecule has 1 heterocycles. The van der Waals surface area contributed by atoms with E-state index >= 15 is 0 Å². The van der Waals surface area contributed by atoms with Gasteiger partial charge in [-0.25, -0.2) is 0 Å². The van der Waals surface area contributed by atoms with Crippen LogP contribution < -0.4 is 15.4 Å². The molecule has 7 nitrogen and oxygen atoms in total. The molecule has 0 aliphatic heterocycles. The van der Waals surface area contributed by atoms with E-state index in [-0.39, 0.29) is 5.69 Å². The summed E-state index contributed by atoms with van der Waals surface area (Å²) in [5.41, 5.74) is 1.31.